The molecule has 0 heterocycles. The number of benzene rings is 2. The van der Waals surface area contributed by atoms with Gasteiger partial charge in [-0.15, -0.1) is 0 Å². The summed E-state index contributed by atoms with van der Waals surface area (Å²) in [4.78, 5) is 35.9. The van der Waals surface area contributed by atoms with E-state index in [1.54, 1.807) is 0 Å². The fraction of sp³-hybridized carbons (Fsp3) is 0.423. The van der Waals surface area contributed by atoms with Crippen molar-refractivity contribution < 1.29 is 14.4 Å². The maximum atomic E-state index is 12.7. The molecule has 0 aliphatic carbocycles. The highest BCUT2D eigenvalue weighted by atomic mass is 16.2. The van der Waals surface area contributed by atoms with E-state index in [0.717, 1.165) is 12.0 Å². The van der Waals surface area contributed by atoms with Crippen LogP contribution >= 0.6 is 0 Å². The standard InChI is InChI=1S/C26H35N3O3/c1-20(2)25(28-19-30)26(32)29-23(18-22-12-7-4-8-13-22)14-9-15-24(31)27-17-16-21-10-5-3-6-11-21/h3-8,10-13,19-20,23,25H,9,14-18H2,1-2H3,(H,27,31)(H,28,30)(H,29,32). The van der Waals surface area contributed by atoms with Gasteiger partial charge in [-0.3, -0.25) is 14.4 Å². The van der Waals surface area contributed by atoms with Crippen molar-refractivity contribution in [3.63, 3.8) is 0 Å². The summed E-state index contributed by atoms with van der Waals surface area (Å²) in [6.07, 6.45) is 3.81. The van der Waals surface area contributed by atoms with E-state index in [2.05, 4.69) is 16.0 Å². The molecule has 3 N–H and O–H groups in total. The summed E-state index contributed by atoms with van der Waals surface area (Å²) in [7, 11) is 0. The SMILES string of the molecule is CC(C)C(NC=O)C(=O)NC(CCCC(=O)NCCc1ccccc1)Cc1ccccc1. The summed E-state index contributed by atoms with van der Waals surface area (Å²) in [6, 6.07) is 19.3. The van der Waals surface area contributed by atoms with Crippen LogP contribution in [0.1, 0.15) is 44.2 Å². The van der Waals surface area contributed by atoms with Gasteiger partial charge >= 0.3 is 0 Å². The fourth-order valence-corrected chi connectivity index (χ4v) is 3.65. The van der Waals surface area contributed by atoms with Crippen molar-refractivity contribution in [1.82, 2.24) is 16.0 Å². The molecular weight excluding hydrogens is 402 g/mol. The van der Waals surface area contributed by atoms with Crippen LogP contribution in [0, 0.1) is 5.92 Å². The van der Waals surface area contributed by atoms with Crippen molar-refractivity contribution in [1.29, 1.82) is 0 Å². The van der Waals surface area contributed by atoms with Crippen LogP contribution in [-0.2, 0) is 27.2 Å². The number of rotatable bonds is 14. The molecule has 0 saturated heterocycles. The second-order valence-electron chi connectivity index (χ2n) is 8.38. The first-order valence-corrected chi connectivity index (χ1v) is 11.3. The molecule has 32 heavy (non-hydrogen) atoms. The number of hydrogen-bond acceptors (Lipinski definition) is 3. The molecule has 0 aliphatic heterocycles. The second-order valence-corrected chi connectivity index (χ2v) is 8.38. The third-order valence-electron chi connectivity index (χ3n) is 5.40. The van der Waals surface area contributed by atoms with E-state index in [1.165, 1.54) is 5.56 Å². The zero-order valence-electron chi connectivity index (χ0n) is 19.1. The molecule has 0 saturated carbocycles. The second kappa shape index (κ2) is 14.0. The lowest BCUT2D eigenvalue weighted by Crippen LogP contribution is -2.50. The molecule has 6 nitrogen and oxygen atoms in total. The molecule has 2 aromatic carbocycles. The lowest BCUT2D eigenvalue weighted by molar-refractivity contribution is -0.127. The molecule has 0 radical (unpaired) electrons. The highest BCUT2D eigenvalue weighted by Gasteiger charge is 2.24. The third kappa shape index (κ3) is 9.33. The average molecular weight is 438 g/mol. The zero-order chi connectivity index (χ0) is 23.2. The van der Waals surface area contributed by atoms with Crippen molar-refractivity contribution in [3.8, 4) is 0 Å². The Balaban J connectivity index is 1.84. The fourth-order valence-electron chi connectivity index (χ4n) is 3.65. The van der Waals surface area contributed by atoms with Gasteiger partial charge in [0.05, 0.1) is 0 Å². The van der Waals surface area contributed by atoms with Gasteiger partial charge in [-0.1, -0.05) is 74.5 Å². The molecule has 2 atom stereocenters. The van der Waals surface area contributed by atoms with Gasteiger partial charge in [-0.25, -0.2) is 0 Å². The zero-order valence-corrected chi connectivity index (χ0v) is 19.1. The Labute approximate surface area is 191 Å². The van der Waals surface area contributed by atoms with Crippen molar-refractivity contribution >= 4 is 18.2 Å². The molecule has 2 rings (SSSR count). The van der Waals surface area contributed by atoms with Gasteiger partial charge in [0.2, 0.25) is 18.2 Å². The van der Waals surface area contributed by atoms with Crippen LogP contribution < -0.4 is 16.0 Å². The Morgan fingerprint density at radius 2 is 1.56 bits per heavy atom. The van der Waals surface area contributed by atoms with Crippen LogP contribution in [0.5, 0.6) is 0 Å². The average Bonchev–Trinajstić information content (AvgIpc) is 2.78. The predicted molar refractivity (Wildman–Crippen MR) is 127 cm³/mol. The molecule has 3 amide bonds. The molecule has 0 aliphatic rings. The van der Waals surface area contributed by atoms with Crippen molar-refractivity contribution in [2.45, 2.75) is 58.0 Å². The van der Waals surface area contributed by atoms with Gasteiger partial charge in [0, 0.05) is 19.0 Å². The molecule has 0 aromatic heterocycles. The number of carbonyl (C=O) groups is 3. The first kappa shape index (κ1) is 25.1. The Morgan fingerprint density at radius 3 is 2.16 bits per heavy atom. The van der Waals surface area contributed by atoms with Gasteiger partial charge in [-0.2, -0.15) is 0 Å². The maximum absolute atomic E-state index is 12.7. The highest BCUT2D eigenvalue weighted by Crippen LogP contribution is 2.11. The molecule has 0 fully saturated rings. The predicted octanol–water partition coefficient (Wildman–Crippen LogP) is 3.01. The minimum Gasteiger partial charge on any atom is -0.356 e. The number of carbonyl (C=O) groups excluding carboxylic acids is 3. The Bertz CT molecular complexity index is 825. The summed E-state index contributed by atoms with van der Waals surface area (Å²) in [5, 5.41) is 8.65. The van der Waals surface area contributed by atoms with Gasteiger partial charge in [-0.05, 0) is 42.7 Å². The van der Waals surface area contributed by atoms with Gasteiger partial charge in [0.25, 0.3) is 0 Å². The quantitative estimate of drug-likeness (QED) is 0.397. The topological polar surface area (TPSA) is 87.3 Å². The monoisotopic (exact) mass is 437 g/mol. The molecular formula is C26H35N3O3. The number of amides is 3. The highest BCUT2D eigenvalue weighted by molar-refractivity contribution is 5.84. The van der Waals surface area contributed by atoms with Crippen LogP contribution in [0.25, 0.3) is 0 Å². The summed E-state index contributed by atoms with van der Waals surface area (Å²) >= 11 is 0. The van der Waals surface area contributed by atoms with Crippen LogP contribution in [0.4, 0.5) is 0 Å². The minimum atomic E-state index is -0.577. The van der Waals surface area contributed by atoms with Crippen molar-refractivity contribution in [2.75, 3.05) is 6.54 Å². The largest absolute Gasteiger partial charge is 0.356 e. The van der Waals surface area contributed by atoms with Crippen LogP contribution in [0.3, 0.4) is 0 Å². The molecule has 2 aromatic rings. The molecule has 172 valence electrons. The third-order valence-corrected chi connectivity index (χ3v) is 5.40. The van der Waals surface area contributed by atoms with Gasteiger partial charge < -0.3 is 16.0 Å². The lowest BCUT2D eigenvalue weighted by Gasteiger charge is -2.24. The lowest BCUT2D eigenvalue weighted by atomic mass is 9.98. The Hall–Kier alpha value is -3.15. The van der Waals surface area contributed by atoms with Crippen molar-refractivity contribution in [3.05, 3.63) is 71.8 Å². The Kier molecular flexibility index (Phi) is 11.0. The molecule has 0 spiro atoms. The minimum absolute atomic E-state index is 0.0204. The molecule has 2 unspecified atom stereocenters. The molecule has 6 heteroatoms. The normalized spacial score (nSPS) is 12.6. The maximum Gasteiger partial charge on any atom is 0.243 e. The van der Waals surface area contributed by atoms with Crippen LogP contribution in [0.15, 0.2) is 60.7 Å². The molecule has 0 bridgehead atoms. The summed E-state index contributed by atoms with van der Waals surface area (Å²) < 4.78 is 0. The van der Waals surface area contributed by atoms with Crippen molar-refractivity contribution in [2.24, 2.45) is 5.92 Å². The van der Waals surface area contributed by atoms with Gasteiger partial charge in [0.15, 0.2) is 0 Å². The Morgan fingerprint density at radius 1 is 0.938 bits per heavy atom. The van der Waals surface area contributed by atoms with E-state index in [9.17, 15) is 14.4 Å². The number of hydrogen-bond donors (Lipinski definition) is 3. The van der Waals surface area contributed by atoms with E-state index in [-0.39, 0.29) is 23.8 Å². The van der Waals surface area contributed by atoms with E-state index in [0.29, 0.717) is 38.6 Å². The van der Waals surface area contributed by atoms with E-state index < -0.39 is 6.04 Å². The van der Waals surface area contributed by atoms with Crippen LogP contribution in [-0.4, -0.2) is 36.9 Å². The first-order valence-electron chi connectivity index (χ1n) is 11.3. The van der Waals surface area contributed by atoms with E-state index in [4.69, 9.17) is 0 Å². The van der Waals surface area contributed by atoms with Crippen LogP contribution in [0.2, 0.25) is 0 Å². The first-order chi connectivity index (χ1) is 15.5. The summed E-state index contributed by atoms with van der Waals surface area (Å²) in [5.41, 5.74) is 2.32. The summed E-state index contributed by atoms with van der Waals surface area (Å²) in [6.45, 7) is 4.40. The van der Waals surface area contributed by atoms with E-state index >= 15 is 0 Å². The smallest absolute Gasteiger partial charge is 0.243 e. The summed E-state index contributed by atoms with van der Waals surface area (Å²) in [5.74, 6) is -0.193. The van der Waals surface area contributed by atoms with E-state index in [1.807, 2.05) is 74.5 Å². The number of nitrogens with one attached hydrogen (secondary N) is 3. The van der Waals surface area contributed by atoms with Gasteiger partial charge in [0.1, 0.15) is 6.04 Å².